The van der Waals surface area contributed by atoms with E-state index in [1.807, 2.05) is 0 Å². The van der Waals surface area contributed by atoms with Gasteiger partial charge in [-0.3, -0.25) is 0 Å². The summed E-state index contributed by atoms with van der Waals surface area (Å²) >= 11 is 0. The van der Waals surface area contributed by atoms with E-state index in [1.165, 1.54) is 35.1 Å². The first-order valence-electron chi connectivity index (χ1n) is 7.16. The van der Waals surface area contributed by atoms with Crippen molar-refractivity contribution in [3.63, 3.8) is 0 Å². The van der Waals surface area contributed by atoms with Gasteiger partial charge >= 0.3 is 0 Å². The monoisotopic (exact) mass is 251 g/mol. The number of rotatable bonds is 4. The van der Waals surface area contributed by atoms with Crippen LogP contribution < -0.4 is 5.32 Å². The SMILES string of the molecule is CCc1cccc(-c2cccc(C3(NC)CC3)c2)c1. The van der Waals surface area contributed by atoms with Crippen LogP contribution in [0.4, 0.5) is 0 Å². The maximum absolute atomic E-state index is 3.47. The van der Waals surface area contributed by atoms with Crippen molar-refractivity contribution in [2.24, 2.45) is 0 Å². The highest BCUT2D eigenvalue weighted by atomic mass is 15.0. The van der Waals surface area contributed by atoms with Gasteiger partial charge in [-0.25, -0.2) is 0 Å². The highest BCUT2D eigenvalue weighted by molar-refractivity contribution is 5.65. The van der Waals surface area contributed by atoms with Gasteiger partial charge in [0, 0.05) is 5.54 Å². The van der Waals surface area contributed by atoms with Crippen LogP contribution in [0.5, 0.6) is 0 Å². The van der Waals surface area contributed by atoms with E-state index in [2.05, 4.69) is 67.8 Å². The molecule has 1 aliphatic carbocycles. The Kier molecular flexibility index (Phi) is 3.16. The van der Waals surface area contributed by atoms with Crippen LogP contribution in [-0.2, 0) is 12.0 Å². The summed E-state index contributed by atoms with van der Waals surface area (Å²) in [4.78, 5) is 0. The second kappa shape index (κ2) is 4.82. The Morgan fingerprint density at radius 3 is 2.32 bits per heavy atom. The van der Waals surface area contributed by atoms with Gasteiger partial charge in [-0.15, -0.1) is 0 Å². The summed E-state index contributed by atoms with van der Waals surface area (Å²) in [6.07, 6.45) is 3.60. The van der Waals surface area contributed by atoms with Crippen LogP contribution in [0.2, 0.25) is 0 Å². The Bertz CT molecular complexity index is 582. The quantitative estimate of drug-likeness (QED) is 0.861. The summed E-state index contributed by atoms with van der Waals surface area (Å²) in [6.45, 7) is 2.20. The molecule has 98 valence electrons. The average Bonchev–Trinajstić information content (AvgIpc) is 3.29. The van der Waals surface area contributed by atoms with Crippen LogP contribution in [0, 0.1) is 0 Å². The molecule has 0 saturated heterocycles. The summed E-state index contributed by atoms with van der Waals surface area (Å²) in [5.74, 6) is 0. The number of benzene rings is 2. The van der Waals surface area contributed by atoms with Crippen LogP contribution in [0.3, 0.4) is 0 Å². The lowest BCUT2D eigenvalue weighted by Gasteiger charge is -2.16. The zero-order valence-corrected chi connectivity index (χ0v) is 11.7. The minimum Gasteiger partial charge on any atom is -0.310 e. The first-order valence-corrected chi connectivity index (χ1v) is 7.16. The van der Waals surface area contributed by atoms with E-state index in [0.717, 1.165) is 6.42 Å². The van der Waals surface area contributed by atoms with Crippen LogP contribution in [0.25, 0.3) is 11.1 Å². The molecule has 0 spiro atoms. The number of hydrogen-bond acceptors (Lipinski definition) is 1. The molecule has 0 radical (unpaired) electrons. The highest BCUT2D eigenvalue weighted by Crippen LogP contribution is 2.45. The molecule has 0 atom stereocenters. The van der Waals surface area contributed by atoms with Crippen LogP contribution in [0.15, 0.2) is 48.5 Å². The van der Waals surface area contributed by atoms with E-state index < -0.39 is 0 Å². The summed E-state index contributed by atoms with van der Waals surface area (Å²) in [5.41, 5.74) is 5.73. The third-order valence-corrected chi connectivity index (χ3v) is 4.31. The molecular weight excluding hydrogens is 230 g/mol. The lowest BCUT2D eigenvalue weighted by atomic mass is 9.97. The molecular formula is C18H21N. The van der Waals surface area contributed by atoms with E-state index in [-0.39, 0.29) is 5.54 Å². The van der Waals surface area contributed by atoms with Crippen molar-refractivity contribution in [3.05, 3.63) is 59.7 Å². The van der Waals surface area contributed by atoms with Crippen molar-refractivity contribution in [2.45, 2.75) is 31.7 Å². The van der Waals surface area contributed by atoms with Crippen LogP contribution >= 0.6 is 0 Å². The lowest BCUT2D eigenvalue weighted by Crippen LogP contribution is -2.24. The number of hydrogen-bond donors (Lipinski definition) is 1. The average molecular weight is 251 g/mol. The van der Waals surface area contributed by atoms with Gasteiger partial charge in [0.1, 0.15) is 0 Å². The Hall–Kier alpha value is -1.60. The second-order valence-corrected chi connectivity index (χ2v) is 5.47. The molecule has 0 aliphatic heterocycles. The third kappa shape index (κ3) is 2.31. The lowest BCUT2D eigenvalue weighted by molar-refractivity contribution is 0.586. The molecule has 0 unspecified atom stereocenters. The molecule has 3 rings (SSSR count). The van der Waals surface area contributed by atoms with Gasteiger partial charge in [0.2, 0.25) is 0 Å². The predicted octanol–water partition coefficient (Wildman–Crippen LogP) is 4.12. The molecule has 0 amide bonds. The Balaban J connectivity index is 1.99. The second-order valence-electron chi connectivity index (χ2n) is 5.47. The largest absolute Gasteiger partial charge is 0.310 e. The molecule has 2 aromatic rings. The Morgan fingerprint density at radius 1 is 1.00 bits per heavy atom. The van der Waals surface area contributed by atoms with E-state index in [4.69, 9.17) is 0 Å². The molecule has 1 fully saturated rings. The van der Waals surface area contributed by atoms with Gasteiger partial charge in [0.15, 0.2) is 0 Å². The maximum Gasteiger partial charge on any atom is 0.0434 e. The van der Waals surface area contributed by atoms with Gasteiger partial charge in [-0.2, -0.15) is 0 Å². The van der Waals surface area contributed by atoms with E-state index in [1.54, 1.807) is 0 Å². The molecule has 0 aromatic heterocycles. The van der Waals surface area contributed by atoms with Crippen LogP contribution in [0.1, 0.15) is 30.9 Å². The summed E-state index contributed by atoms with van der Waals surface area (Å²) in [6, 6.07) is 17.9. The fourth-order valence-electron chi connectivity index (χ4n) is 2.78. The Labute approximate surface area is 115 Å². The predicted molar refractivity (Wildman–Crippen MR) is 81.2 cm³/mol. The van der Waals surface area contributed by atoms with Gasteiger partial charge in [0.25, 0.3) is 0 Å². The van der Waals surface area contributed by atoms with Crippen LogP contribution in [-0.4, -0.2) is 7.05 Å². The molecule has 1 N–H and O–H groups in total. The standard InChI is InChI=1S/C18H21N/c1-3-14-6-4-7-15(12-14)16-8-5-9-17(13-16)18(19-2)10-11-18/h4-9,12-13,19H,3,10-11H2,1-2H3. The fraction of sp³-hybridized carbons (Fsp3) is 0.333. The molecule has 2 aromatic carbocycles. The van der Waals surface area contributed by atoms with Crippen molar-refractivity contribution in [2.75, 3.05) is 7.05 Å². The highest BCUT2D eigenvalue weighted by Gasteiger charge is 2.42. The first-order chi connectivity index (χ1) is 9.27. The smallest absolute Gasteiger partial charge is 0.0434 e. The topological polar surface area (TPSA) is 12.0 Å². The molecule has 1 aliphatic rings. The fourth-order valence-corrected chi connectivity index (χ4v) is 2.78. The normalized spacial score (nSPS) is 16.3. The summed E-state index contributed by atoms with van der Waals surface area (Å²) < 4.78 is 0. The number of aryl methyl sites for hydroxylation is 1. The van der Waals surface area contributed by atoms with Gasteiger partial charge in [-0.1, -0.05) is 49.4 Å². The molecule has 1 heteroatoms. The van der Waals surface area contributed by atoms with Crippen molar-refractivity contribution < 1.29 is 0 Å². The van der Waals surface area contributed by atoms with Gasteiger partial charge in [0.05, 0.1) is 0 Å². The molecule has 1 nitrogen and oxygen atoms in total. The van der Waals surface area contributed by atoms with Gasteiger partial charge < -0.3 is 5.32 Å². The van der Waals surface area contributed by atoms with E-state index >= 15 is 0 Å². The Morgan fingerprint density at radius 2 is 1.68 bits per heavy atom. The molecule has 1 saturated carbocycles. The van der Waals surface area contributed by atoms with Crippen molar-refractivity contribution >= 4 is 0 Å². The molecule has 19 heavy (non-hydrogen) atoms. The van der Waals surface area contributed by atoms with E-state index in [0.29, 0.717) is 0 Å². The third-order valence-electron chi connectivity index (χ3n) is 4.31. The summed E-state index contributed by atoms with van der Waals surface area (Å²) in [5, 5.41) is 3.47. The van der Waals surface area contributed by atoms with Gasteiger partial charge in [-0.05, 0) is 54.6 Å². The molecule has 0 heterocycles. The minimum absolute atomic E-state index is 0.248. The van der Waals surface area contributed by atoms with Crippen molar-refractivity contribution in [1.82, 2.24) is 5.32 Å². The zero-order valence-electron chi connectivity index (χ0n) is 11.7. The summed E-state index contributed by atoms with van der Waals surface area (Å²) in [7, 11) is 2.07. The first kappa shape index (κ1) is 12.4. The number of nitrogens with one attached hydrogen (secondary N) is 1. The molecule has 0 bridgehead atoms. The van der Waals surface area contributed by atoms with Crippen molar-refractivity contribution in [1.29, 1.82) is 0 Å². The minimum atomic E-state index is 0.248. The van der Waals surface area contributed by atoms with E-state index in [9.17, 15) is 0 Å². The maximum atomic E-state index is 3.47. The zero-order chi connectivity index (χ0) is 13.3. The van der Waals surface area contributed by atoms with Crippen molar-refractivity contribution in [3.8, 4) is 11.1 Å².